The molecule has 172 valence electrons. The summed E-state index contributed by atoms with van der Waals surface area (Å²) in [6.07, 6.45) is 8.90. The number of fused-ring (bicyclic) bond motifs is 2. The molecular formula is C27H34N6. The summed E-state index contributed by atoms with van der Waals surface area (Å²) in [5.74, 6) is 1.08. The number of H-pyrrole nitrogens is 2. The molecule has 5 heterocycles. The van der Waals surface area contributed by atoms with Crippen LogP contribution < -0.4 is 5.32 Å². The van der Waals surface area contributed by atoms with Crippen LogP contribution >= 0.6 is 0 Å². The van der Waals surface area contributed by atoms with Crippen LogP contribution in [0.5, 0.6) is 0 Å². The average Bonchev–Trinajstić information content (AvgIpc) is 3.49. The summed E-state index contributed by atoms with van der Waals surface area (Å²) in [6.45, 7) is 9.42. The molecule has 0 aliphatic carbocycles. The van der Waals surface area contributed by atoms with Gasteiger partial charge in [-0.15, -0.1) is 0 Å². The molecule has 2 aliphatic heterocycles. The number of pyridine rings is 1. The molecule has 3 aromatic heterocycles. The average molecular weight is 443 g/mol. The standard InChI is InChI=1S/C27H34N6/c1-17(2)25-22-15-19(18-8-13-33(14-9-18)20-5-10-28-11-6-20)3-4-24(22)31-26(25)21-7-12-29-27-23(21)16-30-32-27/h3-4,7,12,15-18,20,28,31H,5-6,8-11,13-14H2,1-2H3,(H,29,30,32). The molecular weight excluding hydrogens is 408 g/mol. The Kier molecular flexibility index (Phi) is 5.43. The van der Waals surface area contributed by atoms with Crippen LogP contribution in [-0.4, -0.2) is 57.3 Å². The molecule has 0 bridgehead atoms. The van der Waals surface area contributed by atoms with Gasteiger partial charge >= 0.3 is 0 Å². The molecule has 0 saturated carbocycles. The molecule has 2 saturated heterocycles. The second-order valence-corrected chi connectivity index (χ2v) is 10.2. The Morgan fingerprint density at radius 2 is 1.82 bits per heavy atom. The van der Waals surface area contributed by atoms with Crippen molar-refractivity contribution < 1.29 is 0 Å². The molecule has 1 aromatic carbocycles. The lowest BCUT2D eigenvalue weighted by atomic mass is 9.86. The van der Waals surface area contributed by atoms with Crippen LogP contribution in [0.1, 0.15) is 62.5 Å². The Morgan fingerprint density at radius 1 is 1.00 bits per heavy atom. The summed E-state index contributed by atoms with van der Waals surface area (Å²) in [7, 11) is 0. The fourth-order valence-corrected chi connectivity index (χ4v) is 6.14. The first kappa shape index (κ1) is 20.9. The van der Waals surface area contributed by atoms with E-state index >= 15 is 0 Å². The van der Waals surface area contributed by atoms with E-state index in [4.69, 9.17) is 0 Å². The fourth-order valence-electron chi connectivity index (χ4n) is 6.14. The fraction of sp³-hybridized carbons (Fsp3) is 0.481. The van der Waals surface area contributed by atoms with Crippen molar-refractivity contribution in [2.45, 2.75) is 57.4 Å². The number of aromatic nitrogens is 4. The van der Waals surface area contributed by atoms with Gasteiger partial charge in [0.2, 0.25) is 0 Å². The van der Waals surface area contributed by atoms with Crippen molar-refractivity contribution in [1.82, 2.24) is 30.4 Å². The maximum atomic E-state index is 4.43. The van der Waals surface area contributed by atoms with Crippen LogP contribution in [0.4, 0.5) is 0 Å². The van der Waals surface area contributed by atoms with Gasteiger partial charge in [-0.05, 0) is 93.0 Å². The van der Waals surface area contributed by atoms with E-state index in [0.29, 0.717) is 11.8 Å². The molecule has 0 atom stereocenters. The minimum atomic E-state index is 0.417. The number of nitrogens with zero attached hydrogens (tertiary/aromatic N) is 3. The van der Waals surface area contributed by atoms with Crippen molar-refractivity contribution in [3.8, 4) is 11.3 Å². The Hall–Kier alpha value is -2.70. The molecule has 6 nitrogen and oxygen atoms in total. The number of likely N-dealkylation sites (tertiary alicyclic amines) is 1. The SMILES string of the molecule is CC(C)c1c(-c2ccnc3[nH]ncc23)[nH]c2ccc(C3CCN(C4CCNCC4)CC3)cc12. The van der Waals surface area contributed by atoms with Crippen molar-refractivity contribution in [3.63, 3.8) is 0 Å². The molecule has 0 radical (unpaired) electrons. The molecule has 2 aliphatic rings. The van der Waals surface area contributed by atoms with Crippen molar-refractivity contribution in [2.24, 2.45) is 0 Å². The highest BCUT2D eigenvalue weighted by Gasteiger charge is 2.27. The Bertz CT molecular complexity index is 1250. The van der Waals surface area contributed by atoms with Gasteiger partial charge < -0.3 is 15.2 Å². The van der Waals surface area contributed by atoms with E-state index in [9.17, 15) is 0 Å². The molecule has 3 N–H and O–H groups in total. The maximum absolute atomic E-state index is 4.43. The highest BCUT2D eigenvalue weighted by molar-refractivity contribution is 5.98. The molecule has 6 rings (SSSR count). The van der Waals surface area contributed by atoms with Gasteiger partial charge in [-0.3, -0.25) is 5.10 Å². The Balaban J connectivity index is 1.32. The second-order valence-electron chi connectivity index (χ2n) is 10.2. The molecule has 6 heteroatoms. The van der Waals surface area contributed by atoms with Crippen LogP contribution in [0.25, 0.3) is 33.2 Å². The first-order valence-electron chi connectivity index (χ1n) is 12.6. The highest BCUT2D eigenvalue weighted by Crippen LogP contribution is 2.40. The molecule has 33 heavy (non-hydrogen) atoms. The zero-order chi connectivity index (χ0) is 22.4. The van der Waals surface area contributed by atoms with E-state index in [0.717, 1.165) is 17.1 Å². The number of hydrogen-bond acceptors (Lipinski definition) is 4. The quantitative estimate of drug-likeness (QED) is 0.408. The lowest BCUT2D eigenvalue weighted by Crippen LogP contribution is -2.46. The summed E-state index contributed by atoms with van der Waals surface area (Å²) in [5.41, 5.74) is 7.33. The van der Waals surface area contributed by atoms with E-state index in [1.807, 2.05) is 12.4 Å². The van der Waals surface area contributed by atoms with Gasteiger partial charge in [-0.2, -0.15) is 5.10 Å². The van der Waals surface area contributed by atoms with Gasteiger partial charge in [0, 0.05) is 34.1 Å². The number of benzene rings is 1. The molecule has 0 unspecified atom stereocenters. The first-order valence-corrected chi connectivity index (χ1v) is 12.6. The summed E-state index contributed by atoms with van der Waals surface area (Å²) in [5, 5.41) is 13.2. The minimum Gasteiger partial charge on any atom is -0.354 e. The molecule has 0 amide bonds. The minimum absolute atomic E-state index is 0.417. The summed E-state index contributed by atoms with van der Waals surface area (Å²) < 4.78 is 0. The smallest absolute Gasteiger partial charge is 0.155 e. The summed E-state index contributed by atoms with van der Waals surface area (Å²) >= 11 is 0. The van der Waals surface area contributed by atoms with Crippen LogP contribution in [0, 0.1) is 0 Å². The highest BCUT2D eigenvalue weighted by atomic mass is 15.2. The van der Waals surface area contributed by atoms with E-state index in [1.54, 1.807) is 0 Å². The zero-order valence-electron chi connectivity index (χ0n) is 19.7. The van der Waals surface area contributed by atoms with Gasteiger partial charge in [0.25, 0.3) is 0 Å². The molecule has 4 aromatic rings. The molecule has 2 fully saturated rings. The Morgan fingerprint density at radius 3 is 2.61 bits per heavy atom. The predicted molar refractivity (Wildman–Crippen MR) is 135 cm³/mol. The van der Waals surface area contributed by atoms with E-state index in [1.165, 1.54) is 85.1 Å². The van der Waals surface area contributed by atoms with E-state index in [2.05, 4.69) is 68.5 Å². The predicted octanol–water partition coefficient (Wildman–Crippen LogP) is 5.16. The lowest BCUT2D eigenvalue weighted by Gasteiger charge is -2.39. The number of hydrogen-bond donors (Lipinski definition) is 3. The van der Waals surface area contributed by atoms with Gasteiger partial charge in [0.1, 0.15) is 0 Å². The topological polar surface area (TPSA) is 72.6 Å². The third-order valence-electron chi connectivity index (χ3n) is 7.89. The van der Waals surface area contributed by atoms with E-state index < -0.39 is 0 Å². The van der Waals surface area contributed by atoms with Gasteiger partial charge in [0.15, 0.2) is 5.65 Å². The van der Waals surface area contributed by atoms with Crippen LogP contribution in [0.15, 0.2) is 36.7 Å². The Labute approximate surface area is 195 Å². The largest absolute Gasteiger partial charge is 0.354 e. The van der Waals surface area contributed by atoms with Crippen molar-refractivity contribution in [1.29, 1.82) is 0 Å². The number of nitrogens with one attached hydrogen (secondary N) is 3. The van der Waals surface area contributed by atoms with Gasteiger partial charge in [-0.25, -0.2) is 4.98 Å². The summed E-state index contributed by atoms with van der Waals surface area (Å²) in [6, 6.07) is 10.0. The number of rotatable bonds is 4. The first-order chi connectivity index (χ1) is 16.2. The number of piperidine rings is 2. The zero-order valence-corrected chi connectivity index (χ0v) is 19.7. The van der Waals surface area contributed by atoms with Gasteiger partial charge in [0.05, 0.1) is 11.9 Å². The number of aromatic amines is 2. The second kappa shape index (κ2) is 8.58. The third kappa shape index (κ3) is 3.75. The van der Waals surface area contributed by atoms with Crippen molar-refractivity contribution >= 4 is 21.9 Å². The van der Waals surface area contributed by atoms with Crippen LogP contribution in [0.2, 0.25) is 0 Å². The third-order valence-corrected chi connectivity index (χ3v) is 7.89. The lowest BCUT2D eigenvalue weighted by molar-refractivity contribution is 0.127. The maximum Gasteiger partial charge on any atom is 0.155 e. The van der Waals surface area contributed by atoms with Crippen LogP contribution in [-0.2, 0) is 0 Å². The van der Waals surface area contributed by atoms with Crippen LogP contribution in [0.3, 0.4) is 0 Å². The van der Waals surface area contributed by atoms with Crippen molar-refractivity contribution in [2.75, 3.05) is 26.2 Å². The molecule has 0 spiro atoms. The van der Waals surface area contributed by atoms with Crippen molar-refractivity contribution in [3.05, 3.63) is 47.8 Å². The van der Waals surface area contributed by atoms with E-state index in [-0.39, 0.29) is 0 Å². The summed E-state index contributed by atoms with van der Waals surface area (Å²) in [4.78, 5) is 10.9. The monoisotopic (exact) mass is 442 g/mol. The van der Waals surface area contributed by atoms with Gasteiger partial charge in [-0.1, -0.05) is 19.9 Å². The normalized spacial score (nSPS) is 19.2.